The molecule has 31 heavy (non-hydrogen) atoms. The van der Waals surface area contributed by atoms with E-state index in [0.717, 1.165) is 16.8 Å². The third-order valence-electron chi connectivity index (χ3n) is 4.83. The molecule has 0 fully saturated rings. The van der Waals surface area contributed by atoms with E-state index in [1.165, 1.54) is 18.2 Å². The molecular formula is C25H19NO5. The van der Waals surface area contributed by atoms with Crippen LogP contribution in [0.4, 0.5) is 5.69 Å². The number of ether oxygens (including phenoxy) is 1. The van der Waals surface area contributed by atoms with Gasteiger partial charge in [-0.15, -0.1) is 0 Å². The van der Waals surface area contributed by atoms with E-state index in [0.29, 0.717) is 16.5 Å². The van der Waals surface area contributed by atoms with Crippen LogP contribution in [-0.2, 0) is 0 Å². The summed E-state index contributed by atoms with van der Waals surface area (Å²) in [6, 6.07) is 20.2. The van der Waals surface area contributed by atoms with Crippen molar-refractivity contribution in [2.75, 3.05) is 5.32 Å². The van der Waals surface area contributed by atoms with E-state index in [1.54, 1.807) is 36.4 Å². The van der Waals surface area contributed by atoms with Crippen LogP contribution in [0.1, 0.15) is 31.8 Å². The summed E-state index contributed by atoms with van der Waals surface area (Å²) < 4.78 is 10.5. The Balaban J connectivity index is 1.49. The zero-order valence-electron chi connectivity index (χ0n) is 17.0. The van der Waals surface area contributed by atoms with Crippen molar-refractivity contribution in [3.8, 4) is 5.75 Å². The van der Waals surface area contributed by atoms with Crippen molar-refractivity contribution in [2.45, 2.75) is 13.8 Å². The van der Waals surface area contributed by atoms with Crippen LogP contribution in [0, 0.1) is 13.8 Å². The van der Waals surface area contributed by atoms with Crippen LogP contribution in [0.25, 0.3) is 11.0 Å². The molecule has 1 aromatic heterocycles. The fourth-order valence-corrected chi connectivity index (χ4v) is 3.11. The molecule has 154 valence electrons. The standard InChI is InChI=1S/C25H19NO5/c1-15-7-8-16(2)21(13-15)26-23(27)17-9-11-19(12-10-17)30-24(28)20-14-18-5-3-4-6-22(18)31-25(20)29/h3-14H,1-2H3,(H,26,27). The lowest BCUT2D eigenvalue weighted by Gasteiger charge is -2.10. The molecule has 6 heteroatoms. The summed E-state index contributed by atoms with van der Waals surface area (Å²) >= 11 is 0. The van der Waals surface area contributed by atoms with E-state index in [4.69, 9.17) is 9.15 Å². The minimum atomic E-state index is -0.827. The van der Waals surface area contributed by atoms with Crippen LogP contribution < -0.4 is 15.7 Å². The Kier molecular flexibility index (Phi) is 5.37. The molecule has 0 unspecified atom stereocenters. The van der Waals surface area contributed by atoms with Gasteiger partial charge in [-0.25, -0.2) is 9.59 Å². The lowest BCUT2D eigenvalue weighted by Crippen LogP contribution is -2.18. The zero-order chi connectivity index (χ0) is 22.0. The van der Waals surface area contributed by atoms with E-state index >= 15 is 0 Å². The number of rotatable bonds is 4. The van der Waals surface area contributed by atoms with Crippen molar-refractivity contribution in [3.63, 3.8) is 0 Å². The van der Waals surface area contributed by atoms with Gasteiger partial charge in [0.15, 0.2) is 0 Å². The van der Waals surface area contributed by atoms with Crippen molar-refractivity contribution in [2.24, 2.45) is 0 Å². The first-order chi connectivity index (χ1) is 14.9. The van der Waals surface area contributed by atoms with Crippen LogP contribution in [0.2, 0.25) is 0 Å². The number of fused-ring (bicyclic) bond motifs is 1. The Bertz CT molecular complexity index is 1350. The number of anilines is 1. The molecule has 0 aliphatic carbocycles. The number of hydrogen-bond acceptors (Lipinski definition) is 5. The molecule has 0 aliphatic rings. The maximum atomic E-state index is 12.5. The van der Waals surface area contributed by atoms with Crippen molar-refractivity contribution in [3.05, 3.63) is 105 Å². The molecule has 0 bridgehead atoms. The van der Waals surface area contributed by atoms with Crippen molar-refractivity contribution in [1.82, 2.24) is 0 Å². The van der Waals surface area contributed by atoms with Gasteiger partial charge >= 0.3 is 11.6 Å². The van der Waals surface area contributed by atoms with Crippen LogP contribution in [0.15, 0.2) is 82.0 Å². The summed E-state index contributed by atoms with van der Waals surface area (Å²) in [6.45, 7) is 3.87. The van der Waals surface area contributed by atoms with E-state index in [-0.39, 0.29) is 17.2 Å². The van der Waals surface area contributed by atoms with Gasteiger partial charge in [0, 0.05) is 16.6 Å². The van der Waals surface area contributed by atoms with Gasteiger partial charge in [-0.3, -0.25) is 4.79 Å². The van der Waals surface area contributed by atoms with E-state index in [9.17, 15) is 14.4 Å². The zero-order valence-corrected chi connectivity index (χ0v) is 17.0. The smallest absolute Gasteiger partial charge is 0.351 e. The first kappa shape index (κ1) is 20.1. The lowest BCUT2D eigenvalue weighted by atomic mass is 10.1. The fourth-order valence-electron chi connectivity index (χ4n) is 3.11. The van der Waals surface area contributed by atoms with Gasteiger partial charge in [0.25, 0.3) is 5.91 Å². The van der Waals surface area contributed by atoms with Crippen molar-refractivity contribution < 1.29 is 18.7 Å². The van der Waals surface area contributed by atoms with Gasteiger partial charge in [-0.2, -0.15) is 0 Å². The average molecular weight is 413 g/mol. The van der Waals surface area contributed by atoms with Gasteiger partial charge in [-0.1, -0.05) is 30.3 Å². The monoisotopic (exact) mass is 413 g/mol. The third kappa shape index (κ3) is 4.38. The SMILES string of the molecule is Cc1ccc(C)c(NC(=O)c2ccc(OC(=O)c3cc4ccccc4oc3=O)cc2)c1. The molecule has 0 saturated heterocycles. The first-order valence-electron chi connectivity index (χ1n) is 9.64. The van der Waals surface area contributed by atoms with E-state index < -0.39 is 11.6 Å². The Hall–Kier alpha value is -4.19. The highest BCUT2D eigenvalue weighted by Crippen LogP contribution is 2.20. The Morgan fingerprint density at radius 1 is 0.903 bits per heavy atom. The van der Waals surface area contributed by atoms with Crippen molar-refractivity contribution >= 4 is 28.5 Å². The number of carbonyl (C=O) groups excluding carboxylic acids is 2. The largest absolute Gasteiger partial charge is 0.423 e. The molecule has 6 nitrogen and oxygen atoms in total. The molecule has 4 aromatic rings. The van der Waals surface area contributed by atoms with Crippen LogP contribution >= 0.6 is 0 Å². The van der Waals surface area contributed by atoms with Crippen LogP contribution in [0.5, 0.6) is 5.75 Å². The van der Waals surface area contributed by atoms with Gasteiger partial charge in [0.1, 0.15) is 16.9 Å². The van der Waals surface area contributed by atoms with Gasteiger partial charge in [0.05, 0.1) is 0 Å². The fraction of sp³-hybridized carbons (Fsp3) is 0.0800. The normalized spacial score (nSPS) is 10.6. The lowest BCUT2D eigenvalue weighted by molar-refractivity contribution is 0.0730. The van der Waals surface area contributed by atoms with Crippen LogP contribution in [0.3, 0.4) is 0 Å². The highest BCUT2D eigenvalue weighted by atomic mass is 16.5. The minimum Gasteiger partial charge on any atom is -0.423 e. The van der Waals surface area contributed by atoms with E-state index in [1.807, 2.05) is 32.0 Å². The van der Waals surface area contributed by atoms with Crippen LogP contribution in [-0.4, -0.2) is 11.9 Å². The molecule has 1 heterocycles. The molecule has 0 atom stereocenters. The number of para-hydroxylation sites is 1. The number of aryl methyl sites for hydroxylation is 2. The average Bonchev–Trinajstić information content (AvgIpc) is 2.76. The van der Waals surface area contributed by atoms with Gasteiger partial charge < -0.3 is 14.5 Å². The Morgan fingerprint density at radius 2 is 1.65 bits per heavy atom. The minimum absolute atomic E-state index is 0.199. The second-order valence-corrected chi connectivity index (χ2v) is 7.17. The molecule has 0 aliphatic heterocycles. The third-order valence-corrected chi connectivity index (χ3v) is 4.83. The van der Waals surface area contributed by atoms with Crippen molar-refractivity contribution in [1.29, 1.82) is 0 Å². The summed E-state index contributed by atoms with van der Waals surface area (Å²) in [5.74, 6) is -0.894. The number of carbonyl (C=O) groups is 2. The summed E-state index contributed by atoms with van der Waals surface area (Å²) in [7, 11) is 0. The summed E-state index contributed by atoms with van der Waals surface area (Å²) in [4.78, 5) is 37.1. The number of nitrogens with one attached hydrogen (secondary N) is 1. The molecule has 1 N–H and O–H groups in total. The highest BCUT2D eigenvalue weighted by molar-refractivity contribution is 6.04. The molecule has 3 aromatic carbocycles. The quantitative estimate of drug-likeness (QED) is 0.293. The summed E-state index contributed by atoms with van der Waals surface area (Å²) in [5, 5.41) is 3.50. The second kappa shape index (κ2) is 8.28. The molecule has 0 radical (unpaired) electrons. The Morgan fingerprint density at radius 3 is 2.42 bits per heavy atom. The first-order valence-corrected chi connectivity index (χ1v) is 9.64. The second-order valence-electron chi connectivity index (χ2n) is 7.17. The molecule has 0 spiro atoms. The predicted molar refractivity (Wildman–Crippen MR) is 118 cm³/mol. The maximum Gasteiger partial charge on any atom is 0.351 e. The van der Waals surface area contributed by atoms with Gasteiger partial charge in [-0.05, 0) is 67.4 Å². The molecule has 4 rings (SSSR count). The summed E-state index contributed by atoms with van der Waals surface area (Å²) in [6.07, 6.45) is 0. The van der Waals surface area contributed by atoms with E-state index in [2.05, 4.69) is 5.32 Å². The molecular weight excluding hydrogens is 394 g/mol. The van der Waals surface area contributed by atoms with Gasteiger partial charge in [0.2, 0.25) is 0 Å². The molecule has 1 amide bonds. The predicted octanol–water partition coefficient (Wildman–Crippen LogP) is 4.88. The number of hydrogen-bond donors (Lipinski definition) is 1. The summed E-state index contributed by atoms with van der Waals surface area (Å²) in [5.41, 5.74) is 2.57. The molecule has 0 saturated carbocycles. The number of esters is 1. The maximum absolute atomic E-state index is 12.5. The topological polar surface area (TPSA) is 85.6 Å². The highest BCUT2D eigenvalue weighted by Gasteiger charge is 2.16. The number of amides is 1. The Labute approximate surface area is 178 Å². The number of benzene rings is 3.